The lowest BCUT2D eigenvalue weighted by Gasteiger charge is -2.41. The Morgan fingerprint density at radius 3 is 2.53 bits per heavy atom. The predicted molar refractivity (Wildman–Crippen MR) is 121 cm³/mol. The van der Waals surface area contributed by atoms with Gasteiger partial charge in [0, 0.05) is 23.8 Å². The highest BCUT2D eigenvalue weighted by Crippen LogP contribution is 2.43. The molecule has 1 aliphatic rings. The lowest BCUT2D eigenvalue weighted by atomic mass is 9.84. The number of hydrogen-bond donors (Lipinski definition) is 2. The number of hydrogen-bond acceptors (Lipinski definition) is 5. The molecule has 1 aliphatic heterocycles. The smallest absolute Gasteiger partial charge is 0.241 e. The van der Waals surface area contributed by atoms with Crippen LogP contribution >= 0.6 is 11.8 Å². The molecule has 0 fully saturated rings. The van der Waals surface area contributed by atoms with E-state index in [2.05, 4.69) is 23.9 Å². The maximum absolute atomic E-state index is 13.3. The molecule has 0 spiro atoms. The second kappa shape index (κ2) is 8.99. The zero-order chi connectivity index (χ0) is 21.9. The number of fused-ring (bicyclic) bond motifs is 1. The van der Waals surface area contributed by atoms with Crippen molar-refractivity contribution in [3.8, 4) is 5.75 Å². The van der Waals surface area contributed by atoms with Crippen LogP contribution in [0.3, 0.4) is 0 Å². The normalized spacial score (nSPS) is 17.7. The number of thioether (sulfide) groups is 1. The number of carbonyl (C=O) groups excluding carboxylic acids is 1. The van der Waals surface area contributed by atoms with Crippen molar-refractivity contribution in [3.63, 3.8) is 0 Å². The number of rotatable bonds is 7. The molecule has 2 aromatic rings. The van der Waals surface area contributed by atoms with Crippen LogP contribution in [0.1, 0.15) is 51.6 Å². The van der Waals surface area contributed by atoms with E-state index in [9.17, 15) is 13.2 Å². The summed E-state index contributed by atoms with van der Waals surface area (Å²) in [5, 5.41) is 2.72. The third-order valence-electron chi connectivity index (χ3n) is 5.58. The lowest BCUT2D eigenvalue weighted by molar-refractivity contribution is -0.114. The van der Waals surface area contributed by atoms with Crippen molar-refractivity contribution in [1.29, 1.82) is 0 Å². The third-order valence-corrected chi connectivity index (χ3v) is 7.84. The van der Waals surface area contributed by atoms with Gasteiger partial charge in [-0.1, -0.05) is 32.0 Å². The molecule has 2 aromatic carbocycles. The first-order chi connectivity index (χ1) is 14.2. The molecule has 0 saturated carbocycles. The summed E-state index contributed by atoms with van der Waals surface area (Å²) in [5.41, 5.74) is 0.911. The average molecular weight is 449 g/mol. The molecule has 2 N–H and O–H groups in total. The van der Waals surface area contributed by atoms with Crippen LogP contribution < -0.4 is 14.8 Å². The zero-order valence-corrected chi connectivity index (χ0v) is 19.3. The highest BCUT2D eigenvalue weighted by molar-refractivity contribution is 7.98. The summed E-state index contributed by atoms with van der Waals surface area (Å²) in [6, 6.07) is 12.0. The number of nitrogens with one attached hydrogen (secondary N) is 2. The Morgan fingerprint density at radius 2 is 1.90 bits per heavy atom. The Labute approximate surface area is 182 Å². The topological polar surface area (TPSA) is 84.5 Å². The Hall–Kier alpha value is -2.03. The molecule has 0 bridgehead atoms. The zero-order valence-electron chi connectivity index (χ0n) is 17.7. The SMILES string of the molecule is CCC1(CC)C[C@@H](NS(=O)(=O)c2ccc(SC)c(NC(C)=O)c2)c2ccccc2O1. The fourth-order valence-electron chi connectivity index (χ4n) is 3.80. The molecular formula is C22H28N2O4S2. The van der Waals surface area contributed by atoms with E-state index in [1.54, 1.807) is 12.1 Å². The van der Waals surface area contributed by atoms with Crippen molar-refractivity contribution >= 4 is 33.4 Å². The van der Waals surface area contributed by atoms with Crippen LogP contribution in [-0.2, 0) is 14.8 Å². The molecule has 1 amide bonds. The number of benzene rings is 2. The van der Waals surface area contributed by atoms with Gasteiger partial charge in [0.1, 0.15) is 11.4 Å². The molecule has 0 unspecified atom stereocenters. The van der Waals surface area contributed by atoms with Crippen LogP contribution in [0.5, 0.6) is 5.75 Å². The number of sulfonamides is 1. The maximum Gasteiger partial charge on any atom is 0.241 e. The summed E-state index contributed by atoms with van der Waals surface area (Å²) in [6.07, 6.45) is 4.00. The van der Waals surface area contributed by atoms with E-state index in [4.69, 9.17) is 4.74 Å². The molecule has 3 rings (SSSR count). The van der Waals surface area contributed by atoms with Gasteiger partial charge < -0.3 is 10.1 Å². The van der Waals surface area contributed by atoms with Gasteiger partial charge in [-0.05, 0) is 43.4 Å². The van der Waals surface area contributed by atoms with E-state index in [0.717, 1.165) is 29.1 Å². The fourth-order valence-corrected chi connectivity index (χ4v) is 5.58. The predicted octanol–water partition coefficient (Wildman–Crippen LogP) is 4.73. The van der Waals surface area contributed by atoms with Crippen molar-refractivity contribution in [3.05, 3.63) is 48.0 Å². The van der Waals surface area contributed by atoms with Gasteiger partial charge in [-0.3, -0.25) is 4.79 Å². The molecular weight excluding hydrogens is 420 g/mol. The van der Waals surface area contributed by atoms with Crippen LogP contribution in [0.15, 0.2) is 52.3 Å². The molecule has 162 valence electrons. The van der Waals surface area contributed by atoms with E-state index in [0.29, 0.717) is 12.1 Å². The molecule has 6 nitrogen and oxygen atoms in total. The maximum atomic E-state index is 13.3. The minimum atomic E-state index is -3.82. The summed E-state index contributed by atoms with van der Waals surface area (Å²) >= 11 is 1.44. The summed E-state index contributed by atoms with van der Waals surface area (Å²) in [7, 11) is -3.82. The van der Waals surface area contributed by atoms with Gasteiger partial charge in [0.2, 0.25) is 15.9 Å². The molecule has 1 atom stereocenters. The molecule has 30 heavy (non-hydrogen) atoms. The summed E-state index contributed by atoms with van der Waals surface area (Å²) in [4.78, 5) is 12.5. The van der Waals surface area contributed by atoms with Gasteiger partial charge in [0.05, 0.1) is 16.6 Å². The Kier molecular flexibility index (Phi) is 6.79. The number of para-hydroxylation sites is 1. The van der Waals surface area contributed by atoms with Gasteiger partial charge in [-0.15, -0.1) is 11.8 Å². The third kappa shape index (κ3) is 4.66. The molecule has 0 saturated heterocycles. The summed E-state index contributed by atoms with van der Waals surface area (Å²) < 4.78 is 35.7. The molecule has 0 aromatic heterocycles. The second-order valence-corrected chi connectivity index (χ2v) is 10.0. The first-order valence-corrected chi connectivity index (χ1v) is 12.7. The molecule has 1 heterocycles. The van der Waals surface area contributed by atoms with Crippen molar-refractivity contribution < 1.29 is 17.9 Å². The minimum Gasteiger partial charge on any atom is -0.487 e. The Morgan fingerprint density at radius 1 is 1.20 bits per heavy atom. The van der Waals surface area contributed by atoms with Gasteiger partial charge >= 0.3 is 0 Å². The van der Waals surface area contributed by atoms with Crippen molar-refractivity contribution in [2.75, 3.05) is 11.6 Å². The lowest BCUT2D eigenvalue weighted by Crippen LogP contribution is -2.44. The first-order valence-electron chi connectivity index (χ1n) is 9.99. The monoisotopic (exact) mass is 448 g/mol. The van der Waals surface area contributed by atoms with Crippen LogP contribution in [0, 0.1) is 0 Å². The highest BCUT2D eigenvalue weighted by Gasteiger charge is 2.40. The molecule has 8 heteroatoms. The van der Waals surface area contributed by atoms with Crippen molar-refractivity contribution in [1.82, 2.24) is 4.72 Å². The second-order valence-electron chi connectivity index (χ2n) is 7.45. The van der Waals surface area contributed by atoms with E-state index >= 15 is 0 Å². The van der Waals surface area contributed by atoms with Gasteiger partial charge in [0.15, 0.2) is 0 Å². The van der Waals surface area contributed by atoms with Gasteiger partial charge in [-0.2, -0.15) is 0 Å². The Balaban J connectivity index is 1.97. The van der Waals surface area contributed by atoms with Gasteiger partial charge in [0.25, 0.3) is 0 Å². The van der Waals surface area contributed by atoms with Gasteiger partial charge in [-0.25, -0.2) is 13.1 Å². The van der Waals surface area contributed by atoms with Crippen molar-refractivity contribution in [2.45, 2.75) is 61.5 Å². The number of ether oxygens (including phenoxy) is 1. The highest BCUT2D eigenvalue weighted by atomic mass is 32.2. The fraction of sp³-hybridized carbons (Fsp3) is 0.409. The van der Waals surface area contributed by atoms with E-state index in [1.165, 1.54) is 24.8 Å². The van der Waals surface area contributed by atoms with Crippen LogP contribution in [0.2, 0.25) is 0 Å². The average Bonchev–Trinajstić information content (AvgIpc) is 2.72. The summed E-state index contributed by atoms with van der Waals surface area (Å²) in [6.45, 7) is 5.52. The first kappa shape index (κ1) is 22.7. The van der Waals surface area contributed by atoms with Crippen LogP contribution in [0.4, 0.5) is 5.69 Å². The molecule has 0 aliphatic carbocycles. The number of anilines is 1. The van der Waals surface area contributed by atoms with Crippen LogP contribution in [0.25, 0.3) is 0 Å². The Bertz CT molecular complexity index is 1030. The number of amides is 1. The van der Waals surface area contributed by atoms with Crippen LogP contribution in [-0.4, -0.2) is 26.2 Å². The quantitative estimate of drug-likeness (QED) is 0.598. The van der Waals surface area contributed by atoms with E-state index in [1.807, 2.05) is 30.5 Å². The number of carbonyl (C=O) groups is 1. The van der Waals surface area contributed by atoms with E-state index in [-0.39, 0.29) is 10.8 Å². The van der Waals surface area contributed by atoms with E-state index < -0.39 is 21.7 Å². The summed E-state index contributed by atoms with van der Waals surface area (Å²) in [5.74, 6) is 0.471. The molecule has 0 radical (unpaired) electrons. The minimum absolute atomic E-state index is 0.117. The van der Waals surface area contributed by atoms with Crippen molar-refractivity contribution in [2.24, 2.45) is 0 Å². The standard InChI is InChI=1S/C22H28N2O4S2/c1-5-22(6-2)14-19(17-9-7-8-10-20(17)28-22)24-30(26,27)16-11-12-21(29-4)18(13-16)23-15(3)25/h7-13,19,24H,5-6,14H2,1-4H3,(H,23,25)/t19-/m1/s1. The largest absolute Gasteiger partial charge is 0.487 e.